The van der Waals surface area contributed by atoms with Gasteiger partial charge in [0.2, 0.25) is 0 Å². The molecule has 0 saturated heterocycles. The van der Waals surface area contributed by atoms with Gasteiger partial charge in [-0.2, -0.15) is 0 Å². The van der Waals surface area contributed by atoms with Crippen molar-refractivity contribution in [3.8, 4) is 0 Å². The van der Waals surface area contributed by atoms with Gasteiger partial charge in [0, 0.05) is 25.5 Å². The minimum Gasteiger partial charge on any atom is -0.400 e. The second-order valence-electron chi connectivity index (χ2n) is 2.91. The Hall–Kier alpha value is 0.0569. The van der Waals surface area contributed by atoms with Crippen LogP contribution < -0.4 is 11.1 Å². The van der Waals surface area contributed by atoms with Crippen LogP contribution in [0.25, 0.3) is 0 Å². The SMILES string of the molecule is NCCNCCC[SiH](CO)CO. The highest BCUT2D eigenvalue weighted by Crippen LogP contribution is 1.94. The van der Waals surface area contributed by atoms with Crippen molar-refractivity contribution < 1.29 is 10.2 Å². The van der Waals surface area contributed by atoms with E-state index in [4.69, 9.17) is 15.9 Å². The molecule has 12 heavy (non-hydrogen) atoms. The van der Waals surface area contributed by atoms with Crippen LogP contribution in [0.2, 0.25) is 6.04 Å². The molecule has 0 saturated carbocycles. The molecule has 0 fully saturated rings. The normalized spacial score (nSPS) is 11.0. The Bertz CT molecular complexity index is 91.5. The maximum Gasteiger partial charge on any atom is 0.0968 e. The number of aliphatic hydroxyl groups excluding tert-OH is 2. The Kier molecular flexibility index (Phi) is 9.19. The Morgan fingerprint density at radius 3 is 2.33 bits per heavy atom. The average molecular weight is 192 g/mol. The summed E-state index contributed by atoms with van der Waals surface area (Å²) in [5, 5.41) is 20.8. The van der Waals surface area contributed by atoms with E-state index in [1.54, 1.807) is 0 Å². The van der Waals surface area contributed by atoms with E-state index < -0.39 is 8.80 Å². The molecule has 0 amide bonds. The van der Waals surface area contributed by atoms with Crippen molar-refractivity contribution in [1.29, 1.82) is 0 Å². The van der Waals surface area contributed by atoms with Crippen molar-refractivity contribution in [2.24, 2.45) is 5.73 Å². The van der Waals surface area contributed by atoms with Gasteiger partial charge in [-0.3, -0.25) is 0 Å². The lowest BCUT2D eigenvalue weighted by atomic mass is 10.5. The molecule has 0 unspecified atom stereocenters. The highest BCUT2D eigenvalue weighted by molar-refractivity contribution is 6.58. The number of nitrogens with two attached hydrogens (primary N) is 1. The van der Waals surface area contributed by atoms with Crippen LogP contribution in [0.5, 0.6) is 0 Å². The molecule has 4 nitrogen and oxygen atoms in total. The Labute approximate surface area is 75.4 Å². The van der Waals surface area contributed by atoms with Crippen LogP contribution >= 0.6 is 0 Å². The van der Waals surface area contributed by atoms with E-state index in [2.05, 4.69) is 5.32 Å². The minimum atomic E-state index is -1.20. The molecule has 0 aliphatic heterocycles. The van der Waals surface area contributed by atoms with Gasteiger partial charge in [-0.25, -0.2) is 0 Å². The summed E-state index contributed by atoms with van der Waals surface area (Å²) in [5.74, 6) is 0. The van der Waals surface area contributed by atoms with Crippen molar-refractivity contribution >= 4 is 8.80 Å². The second-order valence-corrected chi connectivity index (χ2v) is 5.95. The number of nitrogens with one attached hydrogen (secondary N) is 1. The first-order chi connectivity index (χ1) is 5.85. The van der Waals surface area contributed by atoms with Crippen molar-refractivity contribution in [3.63, 3.8) is 0 Å². The Morgan fingerprint density at radius 1 is 1.17 bits per heavy atom. The van der Waals surface area contributed by atoms with E-state index in [1.807, 2.05) is 0 Å². The second kappa shape index (κ2) is 9.15. The van der Waals surface area contributed by atoms with E-state index in [-0.39, 0.29) is 12.5 Å². The number of hydrogen-bond acceptors (Lipinski definition) is 4. The molecule has 0 spiro atoms. The maximum absolute atomic E-state index is 8.79. The fourth-order valence-electron chi connectivity index (χ4n) is 0.983. The largest absolute Gasteiger partial charge is 0.400 e. The fraction of sp³-hybridized carbons (Fsp3) is 1.00. The van der Waals surface area contributed by atoms with E-state index in [0.29, 0.717) is 6.54 Å². The summed E-state index contributed by atoms with van der Waals surface area (Å²) in [5.41, 5.74) is 5.29. The lowest BCUT2D eigenvalue weighted by Crippen LogP contribution is -2.27. The van der Waals surface area contributed by atoms with Crippen LogP contribution in [0.4, 0.5) is 0 Å². The van der Waals surface area contributed by atoms with Crippen LogP contribution in [0.1, 0.15) is 6.42 Å². The molecular weight excluding hydrogens is 172 g/mol. The van der Waals surface area contributed by atoms with Gasteiger partial charge in [-0.15, -0.1) is 0 Å². The molecule has 0 heterocycles. The molecule has 5 N–H and O–H groups in total. The van der Waals surface area contributed by atoms with Gasteiger partial charge in [0.15, 0.2) is 0 Å². The molecule has 0 atom stereocenters. The smallest absolute Gasteiger partial charge is 0.0968 e. The van der Waals surface area contributed by atoms with Gasteiger partial charge < -0.3 is 21.3 Å². The Balaban J connectivity index is 3.06. The molecule has 0 aliphatic rings. The highest BCUT2D eigenvalue weighted by atomic mass is 28.3. The summed E-state index contributed by atoms with van der Waals surface area (Å²) in [4.78, 5) is 0. The minimum absolute atomic E-state index is 0.216. The van der Waals surface area contributed by atoms with Crippen LogP contribution in [0.15, 0.2) is 0 Å². The molecule has 0 rings (SSSR count). The number of aliphatic hydroxyl groups is 2. The first-order valence-electron chi connectivity index (χ1n) is 4.47. The zero-order chi connectivity index (χ0) is 9.23. The summed E-state index contributed by atoms with van der Waals surface area (Å²) >= 11 is 0. The van der Waals surface area contributed by atoms with Gasteiger partial charge in [0.25, 0.3) is 0 Å². The summed E-state index contributed by atoms with van der Waals surface area (Å²) < 4.78 is 0. The lowest BCUT2D eigenvalue weighted by molar-refractivity contribution is 0.328. The van der Waals surface area contributed by atoms with Gasteiger partial charge in [0.05, 0.1) is 8.80 Å². The highest BCUT2D eigenvalue weighted by Gasteiger charge is 2.06. The molecule has 0 radical (unpaired) electrons. The fourth-order valence-corrected chi connectivity index (χ4v) is 2.25. The molecule has 0 aromatic rings. The summed E-state index contributed by atoms with van der Waals surface area (Å²) in [6.07, 6.45) is 1.47. The Morgan fingerprint density at radius 2 is 1.83 bits per heavy atom. The zero-order valence-corrected chi connectivity index (χ0v) is 8.65. The molecule has 74 valence electrons. The first kappa shape index (κ1) is 12.1. The summed E-state index contributed by atoms with van der Waals surface area (Å²) in [7, 11) is -1.20. The molecular formula is C7H20N2O2Si. The molecule has 0 aromatic carbocycles. The third-order valence-electron chi connectivity index (χ3n) is 1.80. The topological polar surface area (TPSA) is 78.5 Å². The van der Waals surface area contributed by atoms with Crippen molar-refractivity contribution in [3.05, 3.63) is 0 Å². The molecule has 0 bridgehead atoms. The van der Waals surface area contributed by atoms with Gasteiger partial charge in [-0.1, -0.05) is 6.04 Å². The van der Waals surface area contributed by atoms with Crippen LogP contribution in [0.3, 0.4) is 0 Å². The average Bonchev–Trinajstić information content (AvgIpc) is 2.11. The van der Waals surface area contributed by atoms with Crippen molar-refractivity contribution in [1.82, 2.24) is 5.32 Å². The van der Waals surface area contributed by atoms with Crippen molar-refractivity contribution in [2.75, 3.05) is 32.1 Å². The standard InChI is InChI=1S/C7H20N2O2Si/c8-2-4-9-3-1-5-12(6-10)7-11/h9-12H,1-8H2. The maximum atomic E-state index is 8.79. The molecule has 5 heteroatoms. The van der Waals surface area contributed by atoms with Crippen molar-refractivity contribution in [2.45, 2.75) is 12.5 Å². The van der Waals surface area contributed by atoms with Gasteiger partial charge in [-0.05, 0) is 13.0 Å². The summed E-state index contributed by atoms with van der Waals surface area (Å²) in [6.45, 7) is 2.46. The van der Waals surface area contributed by atoms with Crippen LogP contribution in [-0.4, -0.2) is 51.1 Å². The first-order valence-corrected chi connectivity index (χ1v) is 6.92. The molecule has 0 aromatic heterocycles. The predicted molar refractivity (Wildman–Crippen MR) is 52.7 cm³/mol. The summed E-state index contributed by atoms with van der Waals surface area (Å²) in [6, 6.07) is 1.00. The zero-order valence-electron chi connectivity index (χ0n) is 7.50. The third kappa shape index (κ3) is 6.75. The van der Waals surface area contributed by atoms with E-state index in [9.17, 15) is 0 Å². The van der Waals surface area contributed by atoms with E-state index in [1.165, 1.54) is 0 Å². The third-order valence-corrected chi connectivity index (χ3v) is 4.06. The quantitative estimate of drug-likeness (QED) is 0.271. The number of rotatable bonds is 8. The predicted octanol–water partition coefficient (Wildman–Crippen LogP) is -1.79. The monoisotopic (exact) mass is 192 g/mol. The van der Waals surface area contributed by atoms with Gasteiger partial charge >= 0.3 is 0 Å². The number of hydrogen-bond donors (Lipinski definition) is 4. The molecule has 0 aliphatic carbocycles. The van der Waals surface area contributed by atoms with E-state index in [0.717, 1.165) is 25.6 Å². The lowest BCUT2D eigenvalue weighted by Gasteiger charge is -2.08. The van der Waals surface area contributed by atoms with Crippen LogP contribution in [-0.2, 0) is 0 Å². The van der Waals surface area contributed by atoms with E-state index >= 15 is 0 Å². The van der Waals surface area contributed by atoms with Crippen LogP contribution in [0, 0.1) is 0 Å². The van der Waals surface area contributed by atoms with Gasteiger partial charge in [0.1, 0.15) is 0 Å².